The first-order valence-corrected chi connectivity index (χ1v) is 6.08. The molecule has 0 spiro atoms. The molecule has 78 valence electrons. The van der Waals surface area contributed by atoms with Gasteiger partial charge in [-0.15, -0.1) is 11.3 Å². The molecule has 1 atom stereocenters. The lowest BCUT2D eigenvalue weighted by atomic mass is 10.0. The summed E-state index contributed by atoms with van der Waals surface area (Å²) in [6.45, 7) is 2.27. The molecule has 0 radical (unpaired) electrons. The Kier molecular flexibility index (Phi) is 3.37. The van der Waals surface area contributed by atoms with Crippen LogP contribution in [0.3, 0.4) is 0 Å². The largest absolute Gasteiger partial charge is 0.360 e. The lowest BCUT2D eigenvalue weighted by Crippen LogP contribution is -2.40. The molecule has 14 heavy (non-hydrogen) atoms. The molecule has 0 saturated carbocycles. The van der Waals surface area contributed by atoms with E-state index in [-0.39, 0.29) is 0 Å². The fourth-order valence-electron chi connectivity index (χ4n) is 1.92. The van der Waals surface area contributed by atoms with Crippen LogP contribution in [0.5, 0.6) is 0 Å². The Morgan fingerprint density at radius 2 is 2.57 bits per heavy atom. The average Bonchev–Trinajstić information content (AvgIpc) is 2.69. The summed E-state index contributed by atoms with van der Waals surface area (Å²) in [6, 6.07) is 0.688. The van der Waals surface area contributed by atoms with E-state index in [2.05, 4.69) is 22.2 Å². The first-order chi connectivity index (χ1) is 6.86. The van der Waals surface area contributed by atoms with Crippen LogP contribution >= 0.6 is 11.3 Å². The smallest absolute Gasteiger partial charge is 0.182 e. The van der Waals surface area contributed by atoms with Gasteiger partial charge >= 0.3 is 0 Å². The standard InChI is InChI=1S/C10H17N3S/c1-13-6-3-2-4-9(13)8-12-10-11-5-7-14-10/h5,7,9H,2-4,6,8H2,1H3,(H,11,12). The summed E-state index contributed by atoms with van der Waals surface area (Å²) in [6.07, 6.45) is 5.88. The van der Waals surface area contributed by atoms with Crippen molar-refractivity contribution in [3.8, 4) is 0 Å². The average molecular weight is 211 g/mol. The number of likely N-dealkylation sites (N-methyl/N-ethyl adjacent to an activating group) is 1. The van der Waals surface area contributed by atoms with E-state index in [0.717, 1.165) is 11.7 Å². The van der Waals surface area contributed by atoms with Crippen molar-refractivity contribution in [2.45, 2.75) is 25.3 Å². The molecule has 0 amide bonds. The molecule has 1 aliphatic rings. The van der Waals surface area contributed by atoms with E-state index in [9.17, 15) is 0 Å². The van der Waals surface area contributed by atoms with Crippen LogP contribution in [-0.2, 0) is 0 Å². The van der Waals surface area contributed by atoms with Crippen molar-refractivity contribution in [3.63, 3.8) is 0 Å². The minimum atomic E-state index is 0.688. The minimum absolute atomic E-state index is 0.688. The van der Waals surface area contributed by atoms with E-state index in [0.29, 0.717) is 6.04 Å². The molecule has 4 heteroatoms. The third-order valence-electron chi connectivity index (χ3n) is 2.84. The lowest BCUT2D eigenvalue weighted by molar-refractivity contribution is 0.194. The predicted molar refractivity (Wildman–Crippen MR) is 60.9 cm³/mol. The van der Waals surface area contributed by atoms with Crippen molar-refractivity contribution in [1.29, 1.82) is 0 Å². The number of rotatable bonds is 3. The van der Waals surface area contributed by atoms with Gasteiger partial charge in [0.25, 0.3) is 0 Å². The fourth-order valence-corrected chi connectivity index (χ4v) is 2.46. The molecular weight excluding hydrogens is 194 g/mol. The van der Waals surface area contributed by atoms with Crippen molar-refractivity contribution in [3.05, 3.63) is 11.6 Å². The molecule has 0 aromatic carbocycles. The predicted octanol–water partition coefficient (Wildman–Crippen LogP) is 2.04. The summed E-state index contributed by atoms with van der Waals surface area (Å²) >= 11 is 1.67. The van der Waals surface area contributed by atoms with Gasteiger partial charge in [0.05, 0.1) is 0 Å². The second-order valence-corrected chi connectivity index (χ2v) is 4.74. The number of likely N-dealkylation sites (tertiary alicyclic amines) is 1. The van der Waals surface area contributed by atoms with Crippen molar-refractivity contribution in [1.82, 2.24) is 9.88 Å². The highest BCUT2D eigenvalue weighted by atomic mass is 32.1. The summed E-state index contributed by atoms with van der Waals surface area (Å²) in [5, 5.41) is 6.44. The molecule has 1 aliphatic heterocycles. The number of nitrogens with one attached hydrogen (secondary N) is 1. The maximum Gasteiger partial charge on any atom is 0.182 e. The van der Waals surface area contributed by atoms with E-state index in [1.165, 1.54) is 25.8 Å². The van der Waals surface area contributed by atoms with Gasteiger partial charge in [-0.3, -0.25) is 0 Å². The Balaban J connectivity index is 1.79. The third-order valence-corrected chi connectivity index (χ3v) is 3.57. The van der Waals surface area contributed by atoms with Crippen LogP contribution in [0.15, 0.2) is 11.6 Å². The van der Waals surface area contributed by atoms with Crippen molar-refractivity contribution in [2.24, 2.45) is 0 Å². The highest BCUT2D eigenvalue weighted by molar-refractivity contribution is 7.13. The van der Waals surface area contributed by atoms with Crippen LogP contribution in [0.4, 0.5) is 5.13 Å². The zero-order chi connectivity index (χ0) is 9.80. The maximum absolute atomic E-state index is 4.21. The van der Waals surface area contributed by atoms with Crippen molar-refractivity contribution in [2.75, 3.05) is 25.5 Å². The quantitative estimate of drug-likeness (QED) is 0.829. The van der Waals surface area contributed by atoms with E-state index in [4.69, 9.17) is 0 Å². The number of hydrogen-bond acceptors (Lipinski definition) is 4. The molecule has 1 N–H and O–H groups in total. The Hall–Kier alpha value is -0.610. The Morgan fingerprint density at radius 3 is 3.29 bits per heavy atom. The molecule has 1 saturated heterocycles. The molecule has 1 fully saturated rings. The molecule has 2 heterocycles. The topological polar surface area (TPSA) is 28.2 Å². The van der Waals surface area contributed by atoms with Gasteiger partial charge in [0, 0.05) is 24.2 Å². The molecular formula is C10H17N3S. The van der Waals surface area contributed by atoms with Crippen LogP contribution in [0, 0.1) is 0 Å². The first-order valence-electron chi connectivity index (χ1n) is 5.20. The number of aromatic nitrogens is 1. The van der Waals surface area contributed by atoms with E-state index in [1.54, 1.807) is 11.3 Å². The zero-order valence-corrected chi connectivity index (χ0v) is 9.39. The van der Waals surface area contributed by atoms with Crippen LogP contribution in [0.1, 0.15) is 19.3 Å². The van der Waals surface area contributed by atoms with Gasteiger partial charge in [-0.2, -0.15) is 0 Å². The second-order valence-electron chi connectivity index (χ2n) is 3.85. The molecule has 1 aromatic rings. The molecule has 3 nitrogen and oxygen atoms in total. The third kappa shape index (κ3) is 2.45. The van der Waals surface area contributed by atoms with Crippen LogP contribution < -0.4 is 5.32 Å². The molecule has 2 rings (SSSR count). The highest BCUT2D eigenvalue weighted by Crippen LogP contribution is 2.16. The number of hydrogen-bond donors (Lipinski definition) is 1. The van der Waals surface area contributed by atoms with Gasteiger partial charge in [-0.1, -0.05) is 6.42 Å². The SMILES string of the molecule is CN1CCCCC1CNc1nccs1. The van der Waals surface area contributed by atoms with Gasteiger partial charge in [0.15, 0.2) is 5.13 Å². The van der Waals surface area contributed by atoms with Crippen LogP contribution in [-0.4, -0.2) is 36.1 Å². The monoisotopic (exact) mass is 211 g/mol. The van der Waals surface area contributed by atoms with E-state index in [1.807, 2.05) is 11.6 Å². The molecule has 0 bridgehead atoms. The Bertz CT molecular complexity index is 260. The number of piperidine rings is 1. The summed E-state index contributed by atoms with van der Waals surface area (Å²) in [5.41, 5.74) is 0. The first kappa shape index (κ1) is 9.93. The second kappa shape index (κ2) is 4.75. The summed E-state index contributed by atoms with van der Waals surface area (Å²) in [7, 11) is 2.22. The molecule has 1 unspecified atom stereocenters. The Labute approximate surface area is 89.1 Å². The van der Waals surface area contributed by atoms with Crippen molar-refractivity contribution < 1.29 is 0 Å². The molecule has 1 aromatic heterocycles. The normalized spacial score (nSPS) is 23.6. The number of thiazole rings is 1. The minimum Gasteiger partial charge on any atom is -0.360 e. The van der Waals surface area contributed by atoms with Gasteiger partial charge in [0.2, 0.25) is 0 Å². The van der Waals surface area contributed by atoms with Crippen LogP contribution in [0.2, 0.25) is 0 Å². The van der Waals surface area contributed by atoms with E-state index >= 15 is 0 Å². The molecule has 0 aliphatic carbocycles. The van der Waals surface area contributed by atoms with Gasteiger partial charge < -0.3 is 10.2 Å². The number of nitrogens with zero attached hydrogens (tertiary/aromatic N) is 2. The summed E-state index contributed by atoms with van der Waals surface area (Å²) < 4.78 is 0. The van der Waals surface area contributed by atoms with Gasteiger partial charge in [-0.25, -0.2) is 4.98 Å². The maximum atomic E-state index is 4.21. The fraction of sp³-hybridized carbons (Fsp3) is 0.700. The number of anilines is 1. The van der Waals surface area contributed by atoms with Gasteiger partial charge in [-0.05, 0) is 26.4 Å². The highest BCUT2D eigenvalue weighted by Gasteiger charge is 2.18. The Morgan fingerprint density at radius 1 is 1.64 bits per heavy atom. The summed E-state index contributed by atoms with van der Waals surface area (Å²) in [4.78, 5) is 6.66. The van der Waals surface area contributed by atoms with E-state index < -0.39 is 0 Å². The lowest BCUT2D eigenvalue weighted by Gasteiger charge is -2.32. The summed E-state index contributed by atoms with van der Waals surface area (Å²) in [5.74, 6) is 0. The zero-order valence-electron chi connectivity index (χ0n) is 8.57. The van der Waals surface area contributed by atoms with Gasteiger partial charge in [0.1, 0.15) is 0 Å². The van der Waals surface area contributed by atoms with Crippen LogP contribution in [0.25, 0.3) is 0 Å². The van der Waals surface area contributed by atoms with Crippen molar-refractivity contribution >= 4 is 16.5 Å².